The number of anilines is 1. The second-order valence-electron chi connectivity index (χ2n) is 6.95. The molecule has 1 fully saturated rings. The molecular formula is C21H23N3O3S. The van der Waals surface area contributed by atoms with Crippen molar-refractivity contribution in [2.24, 2.45) is 0 Å². The lowest BCUT2D eigenvalue weighted by molar-refractivity contribution is -0.122. The first kappa shape index (κ1) is 19.8. The minimum absolute atomic E-state index is 0.0495. The number of thiocarbonyl (C=S) groups is 1. The summed E-state index contributed by atoms with van der Waals surface area (Å²) in [4.78, 5) is 26.9. The average molecular weight is 398 g/mol. The minimum Gasteiger partial charge on any atom is -0.497 e. The Morgan fingerprint density at radius 2 is 1.79 bits per heavy atom. The van der Waals surface area contributed by atoms with E-state index >= 15 is 0 Å². The van der Waals surface area contributed by atoms with Gasteiger partial charge >= 0.3 is 0 Å². The zero-order valence-corrected chi connectivity index (χ0v) is 17.4. The number of carbonyl (C=O) groups excluding carboxylic acids is 2. The lowest BCUT2D eigenvalue weighted by atomic mass is 10.1. The molecule has 6 nitrogen and oxygen atoms in total. The fourth-order valence-electron chi connectivity index (χ4n) is 3.52. The number of nitrogens with zero attached hydrogens (tertiary/aromatic N) is 2. The van der Waals surface area contributed by atoms with E-state index in [9.17, 15) is 9.59 Å². The molecule has 0 saturated carbocycles. The maximum absolute atomic E-state index is 13.1. The van der Waals surface area contributed by atoms with Gasteiger partial charge in [0.15, 0.2) is 5.11 Å². The topological polar surface area (TPSA) is 63.6 Å². The highest BCUT2D eigenvalue weighted by molar-refractivity contribution is 7.80. The fraction of sp³-hybridized carbons (Fsp3) is 0.286. The van der Waals surface area contributed by atoms with Crippen molar-refractivity contribution in [3.63, 3.8) is 0 Å². The largest absolute Gasteiger partial charge is 0.497 e. The molecule has 1 aliphatic rings. The molecule has 0 unspecified atom stereocenters. The molecule has 0 bridgehead atoms. The number of hydrogen-bond donors (Lipinski definition) is 1. The Morgan fingerprint density at radius 1 is 1.14 bits per heavy atom. The number of aromatic nitrogens is 1. The Kier molecular flexibility index (Phi) is 5.38. The second-order valence-corrected chi connectivity index (χ2v) is 7.33. The number of rotatable bonds is 4. The van der Waals surface area contributed by atoms with Gasteiger partial charge in [-0.15, -0.1) is 0 Å². The standard InChI is InChI=1S/C21H23N3O3S/c1-12(2)23-13(3)10-15(14(23)4)11-18-19(25)22-21(28)24(20(18)26)16-6-8-17(27-5)9-7-16/h6-12H,1-5H3,(H,22,25,28). The van der Waals surface area contributed by atoms with Crippen molar-refractivity contribution < 1.29 is 14.3 Å². The first-order chi connectivity index (χ1) is 13.2. The summed E-state index contributed by atoms with van der Waals surface area (Å²) in [5.41, 5.74) is 3.53. The Morgan fingerprint density at radius 3 is 2.32 bits per heavy atom. The first-order valence-corrected chi connectivity index (χ1v) is 9.39. The molecule has 2 aromatic rings. The molecular weight excluding hydrogens is 374 g/mol. The Bertz CT molecular complexity index is 987. The van der Waals surface area contributed by atoms with Gasteiger partial charge in [-0.2, -0.15) is 0 Å². The molecule has 7 heteroatoms. The summed E-state index contributed by atoms with van der Waals surface area (Å²) in [6.07, 6.45) is 1.64. The average Bonchev–Trinajstić information content (AvgIpc) is 2.92. The van der Waals surface area contributed by atoms with Gasteiger partial charge in [0, 0.05) is 17.4 Å². The molecule has 2 amide bonds. The first-order valence-electron chi connectivity index (χ1n) is 8.98. The molecule has 3 rings (SSSR count). The molecule has 0 atom stereocenters. The van der Waals surface area contributed by atoms with Crippen molar-refractivity contribution in [1.82, 2.24) is 9.88 Å². The quantitative estimate of drug-likeness (QED) is 0.487. The number of benzene rings is 1. The van der Waals surface area contributed by atoms with E-state index in [4.69, 9.17) is 17.0 Å². The van der Waals surface area contributed by atoms with E-state index in [0.717, 1.165) is 17.0 Å². The van der Waals surface area contributed by atoms with Gasteiger partial charge in [-0.05, 0) is 81.9 Å². The van der Waals surface area contributed by atoms with E-state index in [0.29, 0.717) is 11.4 Å². The molecule has 0 spiro atoms. The van der Waals surface area contributed by atoms with Crippen LogP contribution in [0.3, 0.4) is 0 Å². The van der Waals surface area contributed by atoms with Crippen LogP contribution in [-0.4, -0.2) is 28.6 Å². The zero-order chi connectivity index (χ0) is 20.6. The summed E-state index contributed by atoms with van der Waals surface area (Å²) in [5, 5.41) is 2.67. The van der Waals surface area contributed by atoms with E-state index in [2.05, 4.69) is 23.7 Å². The van der Waals surface area contributed by atoms with Crippen molar-refractivity contribution in [3.05, 3.63) is 52.9 Å². The van der Waals surface area contributed by atoms with Gasteiger partial charge in [0.2, 0.25) is 0 Å². The maximum Gasteiger partial charge on any atom is 0.270 e. The van der Waals surface area contributed by atoms with Crippen LogP contribution in [0.15, 0.2) is 35.9 Å². The smallest absolute Gasteiger partial charge is 0.270 e. The van der Waals surface area contributed by atoms with Crippen molar-refractivity contribution in [2.45, 2.75) is 33.7 Å². The summed E-state index contributed by atoms with van der Waals surface area (Å²) >= 11 is 5.24. The van der Waals surface area contributed by atoms with Crippen LogP contribution < -0.4 is 15.0 Å². The van der Waals surface area contributed by atoms with Crippen molar-refractivity contribution in [1.29, 1.82) is 0 Å². The summed E-state index contributed by atoms with van der Waals surface area (Å²) < 4.78 is 7.32. The maximum atomic E-state index is 13.1. The molecule has 0 aliphatic carbocycles. The van der Waals surface area contributed by atoms with Crippen molar-refractivity contribution in [3.8, 4) is 5.75 Å². The van der Waals surface area contributed by atoms with Gasteiger partial charge < -0.3 is 9.30 Å². The van der Waals surface area contributed by atoms with E-state index in [-0.39, 0.29) is 16.7 Å². The van der Waals surface area contributed by atoms with E-state index in [1.54, 1.807) is 37.5 Å². The Labute approximate surface area is 169 Å². The summed E-state index contributed by atoms with van der Waals surface area (Å²) in [5.74, 6) is -0.276. The SMILES string of the molecule is COc1ccc(N2C(=O)C(=Cc3cc(C)n(C(C)C)c3C)C(=O)NC2=S)cc1. The van der Waals surface area contributed by atoms with Gasteiger partial charge in [0.25, 0.3) is 11.8 Å². The summed E-state index contributed by atoms with van der Waals surface area (Å²) in [6, 6.07) is 9.19. The normalized spacial score (nSPS) is 16.1. The van der Waals surface area contributed by atoms with E-state index in [1.807, 2.05) is 19.9 Å². The number of ether oxygens (including phenoxy) is 1. The monoisotopic (exact) mass is 397 g/mol. The molecule has 1 aromatic heterocycles. The fourth-order valence-corrected chi connectivity index (χ4v) is 3.80. The Hall–Kier alpha value is -2.93. The van der Waals surface area contributed by atoms with Crippen LogP contribution >= 0.6 is 12.2 Å². The molecule has 1 N–H and O–H groups in total. The van der Waals surface area contributed by atoms with Crippen molar-refractivity contribution >= 4 is 40.9 Å². The Balaban J connectivity index is 2.02. The molecule has 28 heavy (non-hydrogen) atoms. The van der Waals surface area contributed by atoms with Crippen LogP contribution in [0.4, 0.5) is 5.69 Å². The third-order valence-electron chi connectivity index (χ3n) is 4.77. The summed E-state index contributed by atoms with van der Waals surface area (Å²) in [7, 11) is 1.57. The number of amides is 2. The number of nitrogens with one attached hydrogen (secondary N) is 1. The molecule has 0 radical (unpaired) electrons. The molecule has 2 heterocycles. The third-order valence-corrected chi connectivity index (χ3v) is 5.06. The van der Waals surface area contributed by atoms with Gasteiger partial charge in [0.05, 0.1) is 12.8 Å². The van der Waals surface area contributed by atoms with Crippen molar-refractivity contribution in [2.75, 3.05) is 12.0 Å². The van der Waals surface area contributed by atoms with E-state index < -0.39 is 11.8 Å². The van der Waals surface area contributed by atoms with Gasteiger partial charge in [-0.25, -0.2) is 0 Å². The highest BCUT2D eigenvalue weighted by Gasteiger charge is 2.34. The van der Waals surface area contributed by atoms with Crippen LogP contribution in [-0.2, 0) is 9.59 Å². The second kappa shape index (κ2) is 7.59. The molecule has 1 saturated heterocycles. The predicted molar refractivity (Wildman–Crippen MR) is 113 cm³/mol. The van der Waals surface area contributed by atoms with Crippen LogP contribution in [0.2, 0.25) is 0 Å². The molecule has 1 aliphatic heterocycles. The zero-order valence-electron chi connectivity index (χ0n) is 16.6. The van der Waals surface area contributed by atoms with Crippen LogP contribution in [0.1, 0.15) is 36.8 Å². The molecule has 146 valence electrons. The number of methoxy groups -OCH3 is 1. The van der Waals surface area contributed by atoms with Gasteiger partial charge in [-0.1, -0.05) is 0 Å². The third kappa shape index (κ3) is 3.45. The van der Waals surface area contributed by atoms with Crippen LogP contribution in [0, 0.1) is 13.8 Å². The lowest BCUT2D eigenvalue weighted by Gasteiger charge is -2.29. The predicted octanol–water partition coefficient (Wildman–Crippen LogP) is 3.53. The highest BCUT2D eigenvalue weighted by Crippen LogP contribution is 2.26. The highest BCUT2D eigenvalue weighted by atomic mass is 32.1. The van der Waals surface area contributed by atoms with E-state index in [1.165, 1.54) is 4.90 Å². The van der Waals surface area contributed by atoms with Crippen LogP contribution in [0.5, 0.6) is 5.75 Å². The lowest BCUT2D eigenvalue weighted by Crippen LogP contribution is -2.54. The minimum atomic E-state index is -0.492. The van der Waals surface area contributed by atoms with Crippen LogP contribution in [0.25, 0.3) is 6.08 Å². The number of hydrogen-bond acceptors (Lipinski definition) is 4. The number of aryl methyl sites for hydroxylation is 1. The summed E-state index contributed by atoms with van der Waals surface area (Å²) in [6.45, 7) is 8.19. The molecule has 1 aromatic carbocycles. The van der Waals surface area contributed by atoms with Gasteiger partial charge in [0.1, 0.15) is 11.3 Å². The van der Waals surface area contributed by atoms with Gasteiger partial charge in [-0.3, -0.25) is 19.8 Å². The number of carbonyl (C=O) groups is 2.